The van der Waals surface area contributed by atoms with E-state index >= 15 is 0 Å². The van der Waals surface area contributed by atoms with E-state index in [2.05, 4.69) is 0 Å². The smallest absolute Gasteiger partial charge is 0.294 e. The molecule has 134 valence electrons. The molecule has 0 unspecified atom stereocenters. The number of para-hydroxylation sites is 1. The van der Waals surface area contributed by atoms with Crippen LogP contribution in [0, 0.1) is 12.7 Å². The zero-order chi connectivity index (χ0) is 18.8. The summed E-state index contributed by atoms with van der Waals surface area (Å²) in [4.78, 5) is 25.6. The van der Waals surface area contributed by atoms with Gasteiger partial charge in [-0.05, 0) is 37.3 Å². The van der Waals surface area contributed by atoms with Crippen LogP contribution in [0.25, 0.3) is 11.0 Å². The number of nitrogens with two attached hydrogens (primary N) is 1. The molecule has 0 aliphatic heterocycles. The van der Waals surface area contributed by atoms with Gasteiger partial charge >= 0.3 is 0 Å². The van der Waals surface area contributed by atoms with Crippen molar-refractivity contribution in [3.63, 3.8) is 0 Å². The van der Waals surface area contributed by atoms with Gasteiger partial charge in [-0.15, -0.1) is 0 Å². The minimum Gasteiger partial charge on any atom is -0.449 e. The molecule has 0 radical (unpaired) electrons. The Hall–Kier alpha value is -2.86. The van der Waals surface area contributed by atoms with Crippen molar-refractivity contribution >= 4 is 40.1 Å². The van der Waals surface area contributed by atoms with Crippen molar-refractivity contribution < 1.29 is 18.4 Å². The Bertz CT molecular complexity index is 982. The molecule has 3 rings (SSSR count). The van der Waals surface area contributed by atoms with Crippen molar-refractivity contribution in [3.8, 4) is 0 Å². The third kappa shape index (κ3) is 3.41. The summed E-state index contributed by atoms with van der Waals surface area (Å²) in [6.07, 6.45) is -0.0385. The van der Waals surface area contributed by atoms with Crippen molar-refractivity contribution in [3.05, 3.63) is 64.6 Å². The Balaban J connectivity index is 2.04. The fraction of sp³-hybridized carbons (Fsp3) is 0.158. The Morgan fingerprint density at radius 3 is 2.50 bits per heavy atom. The zero-order valence-corrected chi connectivity index (χ0v) is 14.7. The maximum Gasteiger partial charge on any atom is 0.294 e. The predicted octanol–water partition coefficient (Wildman–Crippen LogP) is 4.06. The highest BCUT2D eigenvalue weighted by atomic mass is 35.5. The third-order valence-electron chi connectivity index (χ3n) is 4.08. The molecule has 1 aromatic heterocycles. The number of hydrogen-bond donors (Lipinski definition) is 1. The highest BCUT2D eigenvalue weighted by Crippen LogP contribution is 2.32. The van der Waals surface area contributed by atoms with E-state index in [1.165, 1.54) is 29.2 Å². The maximum absolute atomic E-state index is 13.2. The van der Waals surface area contributed by atoms with Crippen LogP contribution in [0.4, 0.5) is 10.1 Å². The molecule has 2 amide bonds. The topological polar surface area (TPSA) is 76.5 Å². The first-order chi connectivity index (χ1) is 12.4. The lowest BCUT2D eigenvalue weighted by molar-refractivity contribution is -0.117. The van der Waals surface area contributed by atoms with Crippen molar-refractivity contribution in [2.75, 3.05) is 11.4 Å². The number of benzene rings is 2. The molecule has 5 nitrogen and oxygen atoms in total. The number of fused-ring (bicyclic) bond motifs is 1. The lowest BCUT2D eigenvalue weighted by atomic mass is 10.1. The fourth-order valence-electron chi connectivity index (χ4n) is 2.73. The van der Waals surface area contributed by atoms with Crippen LogP contribution < -0.4 is 10.6 Å². The standard InChI is InChI=1S/C19H16ClFN2O3/c1-11-14-3-2-4-15(20)18(14)26-17(11)19(25)23(10-9-16(22)24)13-7-5-12(21)6-8-13/h2-8H,9-10H2,1H3,(H2,22,24). The van der Waals surface area contributed by atoms with Gasteiger partial charge in [0.25, 0.3) is 5.91 Å². The monoisotopic (exact) mass is 374 g/mol. The van der Waals surface area contributed by atoms with Crippen LogP contribution in [0.5, 0.6) is 0 Å². The molecule has 0 bridgehead atoms. The number of anilines is 1. The Morgan fingerprint density at radius 1 is 1.19 bits per heavy atom. The third-order valence-corrected chi connectivity index (χ3v) is 4.37. The number of hydrogen-bond acceptors (Lipinski definition) is 3. The van der Waals surface area contributed by atoms with Crippen LogP contribution in [-0.4, -0.2) is 18.4 Å². The number of halogens is 2. The van der Waals surface area contributed by atoms with Gasteiger partial charge in [0.15, 0.2) is 11.3 Å². The molecule has 0 saturated heterocycles. The minimum absolute atomic E-state index is 0.0385. The summed E-state index contributed by atoms with van der Waals surface area (Å²) in [7, 11) is 0. The molecule has 0 aliphatic carbocycles. The average Bonchev–Trinajstić information content (AvgIpc) is 2.95. The van der Waals surface area contributed by atoms with E-state index in [4.69, 9.17) is 21.8 Å². The Labute approximate surface area is 154 Å². The lowest BCUT2D eigenvalue weighted by Gasteiger charge is -2.21. The van der Waals surface area contributed by atoms with Crippen LogP contribution in [0.1, 0.15) is 22.5 Å². The molecule has 2 N–H and O–H groups in total. The molecule has 0 atom stereocenters. The molecule has 3 aromatic rings. The number of carbonyl (C=O) groups is 2. The van der Waals surface area contributed by atoms with Gasteiger partial charge in [-0.3, -0.25) is 9.59 Å². The van der Waals surface area contributed by atoms with E-state index in [9.17, 15) is 14.0 Å². The van der Waals surface area contributed by atoms with Gasteiger partial charge in [0, 0.05) is 29.6 Å². The van der Waals surface area contributed by atoms with E-state index in [1.807, 2.05) is 6.07 Å². The average molecular weight is 375 g/mol. The van der Waals surface area contributed by atoms with Gasteiger partial charge < -0.3 is 15.1 Å². The van der Waals surface area contributed by atoms with Crippen LogP contribution in [0.2, 0.25) is 5.02 Å². The van der Waals surface area contributed by atoms with Crippen LogP contribution in [0.3, 0.4) is 0 Å². The van der Waals surface area contributed by atoms with E-state index in [0.717, 1.165) is 5.39 Å². The summed E-state index contributed by atoms with van der Waals surface area (Å²) in [5, 5.41) is 1.13. The summed E-state index contributed by atoms with van der Waals surface area (Å²) in [5.74, 6) is -1.32. The number of furan rings is 1. The second-order valence-electron chi connectivity index (χ2n) is 5.82. The molecule has 0 aliphatic rings. The van der Waals surface area contributed by atoms with Gasteiger partial charge in [0.05, 0.1) is 5.02 Å². The van der Waals surface area contributed by atoms with Crippen molar-refractivity contribution in [2.24, 2.45) is 5.73 Å². The number of carbonyl (C=O) groups excluding carboxylic acids is 2. The molecular weight excluding hydrogens is 359 g/mol. The molecule has 2 aromatic carbocycles. The van der Waals surface area contributed by atoms with E-state index in [0.29, 0.717) is 21.9 Å². The summed E-state index contributed by atoms with van der Waals surface area (Å²) in [5.41, 5.74) is 6.71. The van der Waals surface area contributed by atoms with Crippen LogP contribution in [0.15, 0.2) is 46.9 Å². The first-order valence-corrected chi connectivity index (χ1v) is 8.29. The van der Waals surface area contributed by atoms with Crippen LogP contribution in [-0.2, 0) is 4.79 Å². The summed E-state index contributed by atoms with van der Waals surface area (Å²) >= 11 is 6.14. The quantitative estimate of drug-likeness (QED) is 0.731. The lowest BCUT2D eigenvalue weighted by Crippen LogP contribution is -2.34. The molecule has 0 saturated carbocycles. The first kappa shape index (κ1) is 17.9. The SMILES string of the molecule is Cc1c(C(=O)N(CCC(N)=O)c2ccc(F)cc2)oc2c(Cl)cccc12. The van der Waals surface area contributed by atoms with E-state index < -0.39 is 17.6 Å². The highest BCUT2D eigenvalue weighted by molar-refractivity contribution is 6.35. The van der Waals surface area contributed by atoms with Crippen molar-refractivity contribution in [1.82, 2.24) is 0 Å². The summed E-state index contributed by atoms with van der Waals surface area (Å²) < 4.78 is 18.9. The maximum atomic E-state index is 13.2. The zero-order valence-electron chi connectivity index (χ0n) is 14.0. The highest BCUT2D eigenvalue weighted by Gasteiger charge is 2.25. The number of aryl methyl sites for hydroxylation is 1. The molecule has 0 fully saturated rings. The number of rotatable bonds is 5. The van der Waals surface area contributed by atoms with Gasteiger partial charge in [-0.2, -0.15) is 0 Å². The Kier molecular flexibility index (Phi) is 4.95. The van der Waals surface area contributed by atoms with Crippen molar-refractivity contribution in [2.45, 2.75) is 13.3 Å². The van der Waals surface area contributed by atoms with Crippen LogP contribution >= 0.6 is 11.6 Å². The minimum atomic E-state index is -0.547. The second-order valence-corrected chi connectivity index (χ2v) is 6.23. The molecule has 26 heavy (non-hydrogen) atoms. The van der Waals surface area contributed by atoms with Gasteiger partial charge in [-0.1, -0.05) is 23.7 Å². The van der Waals surface area contributed by atoms with E-state index in [-0.39, 0.29) is 18.7 Å². The number of nitrogens with zero attached hydrogens (tertiary/aromatic N) is 1. The molecule has 7 heteroatoms. The van der Waals surface area contributed by atoms with Gasteiger partial charge in [0.1, 0.15) is 5.82 Å². The largest absolute Gasteiger partial charge is 0.449 e. The van der Waals surface area contributed by atoms with E-state index in [1.54, 1.807) is 19.1 Å². The number of amides is 2. The van der Waals surface area contributed by atoms with Gasteiger partial charge in [0.2, 0.25) is 5.91 Å². The second kappa shape index (κ2) is 7.17. The first-order valence-electron chi connectivity index (χ1n) is 7.92. The normalized spacial score (nSPS) is 10.9. The molecule has 1 heterocycles. The summed E-state index contributed by atoms with van der Waals surface area (Å²) in [6, 6.07) is 10.6. The number of primary amides is 1. The van der Waals surface area contributed by atoms with Crippen molar-refractivity contribution in [1.29, 1.82) is 0 Å². The Morgan fingerprint density at radius 2 is 1.88 bits per heavy atom. The molecule has 0 spiro atoms. The summed E-state index contributed by atoms with van der Waals surface area (Å²) in [6.45, 7) is 1.80. The molecular formula is C19H16ClFN2O3. The fourth-order valence-corrected chi connectivity index (χ4v) is 2.94. The predicted molar refractivity (Wildman–Crippen MR) is 97.8 cm³/mol. The van der Waals surface area contributed by atoms with Gasteiger partial charge in [-0.25, -0.2) is 4.39 Å².